The number of hydrogen-bond acceptors (Lipinski definition) is 7. The van der Waals surface area contributed by atoms with E-state index in [1.54, 1.807) is 18.7 Å². The van der Waals surface area contributed by atoms with E-state index in [0.717, 1.165) is 16.7 Å². The van der Waals surface area contributed by atoms with Crippen LogP contribution < -0.4 is 14.8 Å². The monoisotopic (exact) mass is 516 g/mol. The van der Waals surface area contributed by atoms with Crippen molar-refractivity contribution in [2.45, 2.75) is 19.6 Å². The predicted molar refractivity (Wildman–Crippen MR) is 141 cm³/mol. The van der Waals surface area contributed by atoms with Crippen molar-refractivity contribution >= 4 is 29.2 Å². The van der Waals surface area contributed by atoms with Crippen LogP contribution in [0.25, 0.3) is 5.70 Å². The molecule has 0 amide bonds. The third-order valence-corrected chi connectivity index (χ3v) is 6.22. The first-order valence-electron chi connectivity index (χ1n) is 11.8. The van der Waals surface area contributed by atoms with E-state index >= 15 is 0 Å². The summed E-state index contributed by atoms with van der Waals surface area (Å²) in [5.41, 5.74) is 3.61. The summed E-state index contributed by atoms with van der Waals surface area (Å²) in [7, 11) is 1.58. The summed E-state index contributed by atoms with van der Waals surface area (Å²) >= 11 is 5.99. The van der Waals surface area contributed by atoms with Crippen LogP contribution in [0.5, 0.6) is 11.5 Å². The van der Waals surface area contributed by atoms with Gasteiger partial charge < -0.3 is 19.5 Å². The van der Waals surface area contributed by atoms with Crippen LogP contribution in [0.2, 0.25) is 5.02 Å². The number of methoxy groups -OCH3 is 1. The lowest BCUT2D eigenvalue weighted by Gasteiger charge is -2.30. The molecule has 0 saturated carbocycles. The molecular weight excluding hydrogens is 492 g/mol. The fraction of sp³-hybridized carbons (Fsp3) is 0.179. The number of aromatic nitrogens is 3. The molecule has 1 N–H and O–H groups in total. The van der Waals surface area contributed by atoms with Crippen LogP contribution in [0.15, 0.2) is 84.7 Å². The molecule has 1 atom stereocenters. The smallest absolute Gasteiger partial charge is 0.338 e. The van der Waals surface area contributed by atoms with Crippen molar-refractivity contribution in [2.24, 2.45) is 0 Å². The van der Waals surface area contributed by atoms with Gasteiger partial charge in [-0.05, 0) is 47.9 Å². The maximum atomic E-state index is 13.4. The lowest BCUT2D eigenvalue weighted by molar-refractivity contribution is -0.138. The molecule has 3 aromatic carbocycles. The summed E-state index contributed by atoms with van der Waals surface area (Å²) in [4.78, 5) is 17.7. The highest BCUT2D eigenvalue weighted by atomic mass is 35.5. The number of ether oxygens (including phenoxy) is 3. The van der Waals surface area contributed by atoms with Gasteiger partial charge in [0.25, 0.3) is 0 Å². The van der Waals surface area contributed by atoms with Crippen LogP contribution in [0.1, 0.15) is 29.7 Å². The molecule has 0 fully saturated rings. The Labute approximate surface area is 219 Å². The standard InChI is InChI=1S/C28H25ClN4O4/c1-3-36-27(34)24-25(19-7-5-4-6-8-19)32-28-30-17-31-33(28)26(24)20-11-14-22(23(15-20)35-2)37-16-18-9-12-21(29)13-10-18/h4-15,17,26H,3,16H2,1-2H3,(H,30,31,32)/t26-/m1/s1. The molecule has 2 heterocycles. The van der Waals surface area contributed by atoms with Crippen LogP contribution in [0, 0.1) is 0 Å². The number of esters is 1. The number of fused-ring (bicyclic) bond motifs is 1. The Bertz CT molecular complexity index is 1430. The molecule has 5 rings (SSSR count). The van der Waals surface area contributed by atoms with E-state index in [-0.39, 0.29) is 6.61 Å². The average Bonchev–Trinajstić information content (AvgIpc) is 3.41. The highest BCUT2D eigenvalue weighted by molar-refractivity contribution is 6.30. The minimum atomic E-state index is -0.604. The molecular formula is C28H25ClN4O4. The first-order chi connectivity index (χ1) is 18.1. The summed E-state index contributed by atoms with van der Waals surface area (Å²) in [6.45, 7) is 2.37. The Kier molecular flexibility index (Phi) is 7.09. The van der Waals surface area contributed by atoms with Crippen molar-refractivity contribution in [1.29, 1.82) is 0 Å². The van der Waals surface area contributed by atoms with Crippen molar-refractivity contribution in [1.82, 2.24) is 14.8 Å². The number of nitrogens with one attached hydrogen (secondary N) is 1. The Morgan fingerprint density at radius 3 is 2.57 bits per heavy atom. The minimum absolute atomic E-state index is 0.238. The SMILES string of the molecule is CCOC(=O)C1=C(c2ccccc2)Nc2ncnn2[C@@H]1c1ccc(OCc2ccc(Cl)cc2)c(OC)c1. The Morgan fingerprint density at radius 2 is 1.84 bits per heavy atom. The van der Waals surface area contributed by atoms with Gasteiger partial charge in [0.15, 0.2) is 11.5 Å². The first-order valence-corrected chi connectivity index (χ1v) is 12.1. The summed E-state index contributed by atoms with van der Waals surface area (Å²) in [6, 6.07) is 22.0. The topological polar surface area (TPSA) is 87.5 Å². The third kappa shape index (κ3) is 5.01. The van der Waals surface area contributed by atoms with E-state index < -0.39 is 12.0 Å². The Balaban J connectivity index is 1.56. The molecule has 37 heavy (non-hydrogen) atoms. The molecule has 1 aliphatic rings. The third-order valence-electron chi connectivity index (χ3n) is 5.97. The molecule has 0 bridgehead atoms. The van der Waals surface area contributed by atoms with E-state index in [4.69, 9.17) is 25.8 Å². The van der Waals surface area contributed by atoms with Gasteiger partial charge in [0.1, 0.15) is 19.0 Å². The number of benzene rings is 3. The van der Waals surface area contributed by atoms with Crippen molar-refractivity contribution in [3.8, 4) is 11.5 Å². The summed E-state index contributed by atoms with van der Waals surface area (Å²) in [5, 5.41) is 8.35. The molecule has 1 aromatic heterocycles. The second-order valence-electron chi connectivity index (χ2n) is 8.26. The van der Waals surface area contributed by atoms with E-state index in [1.807, 2.05) is 72.8 Å². The van der Waals surface area contributed by atoms with Crippen LogP contribution >= 0.6 is 11.6 Å². The van der Waals surface area contributed by atoms with Gasteiger partial charge in [-0.3, -0.25) is 0 Å². The van der Waals surface area contributed by atoms with Gasteiger partial charge in [-0.2, -0.15) is 10.1 Å². The van der Waals surface area contributed by atoms with Crippen LogP contribution in [0.4, 0.5) is 5.95 Å². The van der Waals surface area contributed by atoms with Crippen molar-refractivity contribution in [3.63, 3.8) is 0 Å². The lowest BCUT2D eigenvalue weighted by atomic mass is 9.92. The zero-order valence-corrected chi connectivity index (χ0v) is 21.1. The van der Waals surface area contributed by atoms with Gasteiger partial charge in [0, 0.05) is 5.02 Å². The molecule has 0 saturated heterocycles. The highest BCUT2D eigenvalue weighted by Gasteiger charge is 2.36. The molecule has 0 spiro atoms. The predicted octanol–water partition coefficient (Wildman–Crippen LogP) is 5.51. The van der Waals surface area contributed by atoms with Crippen molar-refractivity contribution in [2.75, 3.05) is 19.0 Å². The number of halogens is 1. The second-order valence-corrected chi connectivity index (χ2v) is 8.69. The second kappa shape index (κ2) is 10.8. The molecule has 1 aliphatic heterocycles. The number of carbonyl (C=O) groups excluding carboxylic acids is 1. The number of hydrogen-bond donors (Lipinski definition) is 1. The van der Waals surface area contributed by atoms with Gasteiger partial charge in [0.2, 0.25) is 5.95 Å². The first kappa shape index (κ1) is 24.4. The summed E-state index contributed by atoms with van der Waals surface area (Å²) < 4.78 is 18.9. The van der Waals surface area contributed by atoms with Crippen molar-refractivity contribution in [3.05, 3.63) is 106 Å². The quantitative estimate of drug-likeness (QED) is 0.309. The van der Waals surface area contributed by atoms with Gasteiger partial charge >= 0.3 is 5.97 Å². The molecule has 0 aliphatic carbocycles. The number of carbonyl (C=O) groups is 1. The normalized spacial score (nSPS) is 14.5. The van der Waals surface area contributed by atoms with E-state index in [9.17, 15) is 4.79 Å². The van der Waals surface area contributed by atoms with Gasteiger partial charge in [-0.15, -0.1) is 0 Å². The lowest BCUT2D eigenvalue weighted by Crippen LogP contribution is -2.30. The molecule has 9 heteroatoms. The maximum Gasteiger partial charge on any atom is 0.338 e. The molecule has 8 nitrogen and oxygen atoms in total. The fourth-order valence-corrected chi connectivity index (χ4v) is 4.37. The molecule has 0 radical (unpaired) electrons. The van der Waals surface area contributed by atoms with Crippen LogP contribution in [0.3, 0.4) is 0 Å². The highest BCUT2D eigenvalue weighted by Crippen LogP contribution is 2.41. The zero-order chi connectivity index (χ0) is 25.8. The number of nitrogens with zero attached hydrogens (tertiary/aromatic N) is 3. The minimum Gasteiger partial charge on any atom is -0.493 e. The van der Waals surface area contributed by atoms with E-state index in [2.05, 4.69) is 15.4 Å². The molecule has 0 unspecified atom stereocenters. The summed E-state index contributed by atoms with van der Waals surface area (Å²) in [6.07, 6.45) is 1.45. The number of rotatable bonds is 8. The Hall–Kier alpha value is -4.30. The Morgan fingerprint density at radius 1 is 1.05 bits per heavy atom. The number of anilines is 1. The zero-order valence-electron chi connectivity index (χ0n) is 20.3. The van der Waals surface area contributed by atoms with Gasteiger partial charge in [0.05, 0.1) is 25.0 Å². The van der Waals surface area contributed by atoms with Crippen LogP contribution in [-0.2, 0) is 16.1 Å². The average molecular weight is 517 g/mol. The fourth-order valence-electron chi connectivity index (χ4n) is 4.24. The largest absolute Gasteiger partial charge is 0.493 e. The van der Waals surface area contributed by atoms with E-state index in [1.165, 1.54) is 6.33 Å². The molecule has 4 aromatic rings. The maximum absolute atomic E-state index is 13.4. The van der Waals surface area contributed by atoms with Gasteiger partial charge in [-0.25, -0.2) is 9.48 Å². The van der Waals surface area contributed by atoms with E-state index in [0.29, 0.717) is 40.3 Å². The van der Waals surface area contributed by atoms with Gasteiger partial charge in [-0.1, -0.05) is 60.1 Å². The summed E-state index contributed by atoms with van der Waals surface area (Å²) in [5.74, 6) is 1.16. The van der Waals surface area contributed by atoms with Crippen molar-refractivity contribution < 1.29 is 19.0 Å². The molecule has 188 valence electrons. The van der Waals surface area contributed by atoms with Crippen LogP contribution in [-0.4, -0.2) is 34.5 Å².